The second-order valence-corrected chi connectivity index (χ2v) is 8.91. The van der Waals surface area contributed by atoms with Crippen molar-refractivity contribution in [1.29, 1.82) is 10.7 Å². The van der Waals surface area contributed by atoms with E-state index in [2.05, 4.69) is 26.8 Å². The van der Waals surface area contributed by atoms with E-state index in [9.17, 15) is 4.79 Å². The number of hydrogen-bond donors (Lipinski definition) is 1. The van der Waals surface area contributed by atoms with E-state index in [-0.39, 0.29) is 11.2 Å². The molecule has 0 atom stereocenters. The number of rotatable bonds is 5. The van der Waals surface area contributed by atoms with Gasteiger partial charge < -0.3 is 4.57 Å². The van der Waals surface area contributed by atoms with Crippen LogP contribution >= 0.6 is 11.3 Å². The fraction of sp³-hybridized carbons (Fsp3) is 0.500. The van der Waals surface area contributed by atoms with Gasteiger partial charge in [0.15, 0.2) is 10.6 Å². The number of hydrogen-bond acceptors (Lipinski definition) is 4. The third-order valence-corrected chi connectivity index (χ3v) is 4.95. The Bertz CT molecular complexity index is 847. The van der Waals surface area contributed by atoms with Crippen LogP contribution in [-0.2, 0) is 24.2 Å². The van der Waals surface area contributed by atoms with Crippen molar-refractivity contribution in [3.8, 4) is 6.07 Å². The summed E-state index contributed by atoms with van der Waals surface area (Å²) in [5, 5.41) is 18.4. The molecule has 0 aliphatic carbocycles. The van der Waals surface area contributed by atoms with Crippen LogP contribution < -0.4 is 4.80 Å². The lowest BCUT2D eigenvalue weighted by Gasteiger charge is -2.18. The van der Waals surface area contributed by atoms with Crippen LogP contribution in [0.25, 0.3) is 0 Å². The molecular formula is C22H31N3OS. The molecule has 5 heteroatoms. The van der Waals surface area contributed by atoms with Crippen molar-refractivity contribution >= 4 is 17.1 Å². The highest BCUT2D eigenvalue weighted by Crippen LogP contribution is 2.17. The van der Waals surface area contributed by atoms with Crippen LogP contribution in [0.5, 0.6) is 0 Å². The molecule has 0 unspecified atom stereocenters. The Morgan fingerprint density at radius 3 is 2.52 bits per heavy atom. The molecule has 1 heterocycles. The van der Waals surface area contributed by atoms with Gasteiger partial charge in [0.25, 0.3) is 0 Å². The van der Waals surface area contributed by atoms with Crippen molar-refractivity contribution in [2.75, 3.05) is 0 Å². The minimum atomic E-state index is -0.337. The van der Waals surface area contributed by atoms with Crippen LogP contribution in [0, 0.1) is 28.1 Å². The van der Waals surface area contributed by atoms with Gasteiger partial charge in [0.2, 0.25) is 0 Å². The molecule has 27 heavy (non-hydrogen) atoms. The zero-order valence-corrected chi connectivity index (χ0v) is 18.1. The molecule has 1 aromatic carbocycles. The summed E-state index contributed by atoms with van der Waals surface area (Å²) in [4.78, 5) is 12.5. The van der Waals surface area contributed by atoms with E-state index < -0.39 is 0 Å². The largest absolute Gasteiger partial charge is 0.314 e. The Hall–Kier alpha value is -2.19. The number of benzene rings is 1. The van der Waals surface area contributed by atoms with E-state index in [1.165, 1.54) is 16.9 Å². The fourth-order valence-corrected chi connectivity index (χ4v) is 3.15. The maximum absolute atomic E-state index is 12.0. The molecule has 0 spiro atoms. The highest BCUT2D eigenvalue weighted by molar-refractivity contribution is 7.07. The van der Waals surface area contributed by atoms with E-state index in [0.717, 1.165) is 24.1 Å². The fourth-order valence-electron chi connectivity index (χ4n) is 2.37. The average Bonchev–Trinajstić information content (AvgIpc) is 2.94. The van der Waals surface area contributed by atoms with Crippen molar-refractivity contribution < 1.29 is 4.79 Å². The molecule has 0 bridgehead atoms. The average molecular weight is 386 g/mol. The van der Waals surface area contributed by atoms with Gasteiger partial charge in [0.05, 0.1) is 18.2 Å². The molecule has 2 rings (SSSR count). The normalized spacial score (nSPS) is 10.9. The maximum atomic E-state index is 12.0. The second-order valence-electron chi connectivity index (χ2n) is 8.06. The molecule has 0 aliphatic rings. The van der Waals surface area contributed by atoms with Gasteiger partial charge in [0.1, 0.15) is 0 Å². The van der Waals surface area contributed by atoms with E-state index >= 15 is 0 Å². The number of ketones is 1. The standard InChI is InChI=1S/C13H22N2OS.C9H9N/c1-9(2)6-10-8-17-12(14)15(10)7-11(16)13(3,4)5;1-2-8-4-3-5-9(6-8)7-10/h8-9,14H,6-7H2,1-5H3;3-6H,2H2,1H3. The summed E-state index contributed by atoms with van der Waals surface area (Å²) in [5.41, 5.74) is 2.74. The molecule has 0 saturated heterocycles. The molecule has 146 valence electrons. The Morgan fingerprint density at radius 2 is 2.00 bits per heavy atom. The zero-order valence-electron chi connectivity index (χ0n) is 17.3. The van der Waals surface area contributed by atoms with Crippen molar-refractivity contribution in [2.24, 2.45) is 11.3 Å². The molecule has 0 amide bonds. The summed E-state index contributed by atoms with van der Waals surface area (Å²) in [7, 11) is 0. The molecule has 2 aromatic rings. The number of thiazole rings is 1. The summed E-state index contributed by atoms with van der Waals surface area (Å²) < 4.78 is 1.85. The van der Waals surface area contributed by atoms with Crippen LogP contribution in [0.2, 0.25) is 0 Å². The number of nitrogens with one attached hydrogen (secondary N) is 1. The second kappa shape index (κ2) is 10.2. The smallest absolute Gasteiger partial charge is 0.182 e. The predicted molar refractivity (Wildman–Crippen MR) is 112 cm³/mol. The number of carbonyl (C=O) groups excluding carboxylic acids is 1. The Kier molecular flexibility index (Phi) is 8.65. The maximum Gasteiger partial charge on any atom is 0.182 e. The zero-order chi connectivity index (χ0) is 20.6. The lowest BCUT2D eigenvalue weighted by atomic mass is 9.91. The van der Waals surface area contributed by atoms with Gasteiger partial charge in [-0.2, -0.15) is 5.26 Å². The van der Waals surface area contributed by atoms with Crippen LogP contribution in [0.3, 0.4) is 0 Å². The van der Waals surface area contributed by atoms with Crippen LogP contribution in [0.15, 0.2) is 29.6 Å². The summed E-state index contributed by atoms with van der Waals surface area (Å²) in [6.45, 7) is 12.5. The minimum Gasteiger partial charge on any atom is -0.314 e. The summed E-state index contributed by atoms with van der Waals surface area (Å²) in [5.74, 6) is 0.722. The number of nitrogens with zero attached hydrogens (tertiary/aromatic N) is 2. The molecule has 0 aliphatic heterocycles. The van der Waals surface area contributed by atoms with Gasteiger partial charge in [-0.15, -0.1) is 11.3 Å². The molecule has 0 fully saturated rings. The third kappa shape index (κ3) is 7.52. The van der Waals surface area contributed by atoms with E-state index in [0.29, 0.717) is 17.3 Å². The van der Waals surface area contributed by atoms with E-state index in [4.69, 9.17) is 10.7 Å². The van der Waals surface area contributed by atoms with Crippen LogP contribution in [0.1, 0.15) is 58.4 Å². The number of nitriles is 1. The molecule has 1 aromatic heterocycles. The SMILES string of the molecule is CC(C)Cc1csc(=N)n1CC(=O)C(C)(C)C.CCc1cccc(C#N)c1. The molecule has 4 nitrogen and oxygen atoms in total. The minimum absolute atomic E-state index is 0.180. The van der Waals surface area contributed by atoms with Crippen LogP contribution in [0.4, 0.5) is 0 Å². The Morgan fingerprint density at radius 1 is 1.33 bits per heavy atom. The molecule has 1 N–H and O–H groups in total. The van der Waals surface area contributed by atoms with Crippen molar-refractivity contribution in [3.63, 3.8) is 0 Å². The van der Waals surface area contributed by atoms with Gasteiger partial charge in [-0.3, -0.25) is 10.2 Å². The van der Waals surface area contributed by atoms with Gasteiger partial charge in [0, 0.05) is 16.5 Å². The Balaban J connectivity index is 0.000000309. The monoisotopic (exact) mass is 385 g/mol. The van der Waals surface area contributed by atoms with Gasteiger partial charge >= 0.3 is 0 Å². The Labute approximate surface area is 167 Å². The third-order valence-electron chi connectivity index (χ3n) is 4.12. The molecule has 0 saturated carbocycles. The lowest BCUT2D eigenvalue weighted by Crippen LogP contribution is -2.30. The summed E-state index contributed by atoms with van der Waals surface area (Å²) in [6.07, 6.45) is 1.92. The quantitative estimate of drug-likeness (QED) is 0.790. The first kappa shape index (κ1) is 22.9. The number of aromatic nitrogens is 1. The van der Waals surface area contributed by atoms with Gasteiger partial charge in [-0.1, -0.05) is 53.7 Å². The van der Waals surface area contributed by atoms with E-state index in [1.807, 2.05) is 55.0 Å². The lowest BCUT2D eigenvalue weighted by molar-refractivity contribution is -0.126. The number of Topliss-reactive ketones (excluding diaryl/α,β-unsaturated/α-hetero) is 1. The highest BCUT2D eigenvalue weighted by Gasteiger charge is 2.22. The number of aryl methyl sites for hydroxylation is 1. The number of carbonyl (C=O) groups is 1. The summed E-state index contributed by atoms with van der Waals surface area (Å²) >= 11 is 1.40. The van der Waals surface area contributed by atoms with Crippen molar-refractivity contribution in [3.05, 3.63) is 51.3 Å². The predicted octanol–water partition coefficient (Wildman–Crippen LogP) is 4.96. The highest BCUT2D eigenvalue weighted by atomic mass is 32.1. The van der Waals surface area contributed by atoms with Crippen molar-refractivity contribution in [1.82, 2.24) is 4.57 Å². The summed E-state index contributed by atoms with van der Waals surface area (Å²) in [6, 6.07) is 9.78. The molecular weight excluding hydrogens is 354 g/mol. The van der Waals surface area contributed by atoms with Crippen molar-refractivity contribution in [2.45, 2.75) is 60.9 Å². The van der Waals surface area contributed by atoms with E-state index in [1.54, 1.807) is 0 Å². The first-order valence-electron chi connectivity index (χ1n) is 9.32. The van der Waals surface area contributed by atoms with Gasteiger partial charge in [-0.05, 0) is 36.5 Å². The van der Waals surface area contributed by atoms with Gasteiger partial charge in [-0.25, -0.2) is 0 Å². The first-order chi connectivity index (χ1) is 12.6. The topological polar surface area (TPSA) is 69.6 Å². The first-order valence-corrected chi connectivity index (χ1v) is 10.2. The van der Waals surface area contributed by atoms with Crippen LogP contribution in [-0.4, -0.2) is 10.4 Å². The molecule has 0 radical (unpaired) electrons.